The van der Waals surface area contributed by atoms with Crippen LogP contribution in [-0.2, 0) is 6.42 Å². The first-order valence-corrected chi connectivity index (χ1v) is 8.18. The minimum atomic E-state index is -0.175. The van der Waals surface area contributed by atoms with Gasteiger partial charge in [-0.25, -0.2) is 0 Å². The third kappa shape index (κ3) is 4.74. The summed E-state index contributed by atoms with van der Waals surface area (Å²) >= 11 is 0. The summed E-state index contributed by atoms with van der Waals surface area (Å²) in [5.41, 5.74) is 1.53. The largest absolute Gasteiger partial charge is 0.507 e. The van der Waals surface area contributed by atoms with Crippen LogP contribution in [0.4, 0.5) is 0 Å². The SMILES string of the molecule is CCCc1c(OCCOc2ccc(C#N)cc2)ccc(C(C)=O)c1O. The van der Waals surface area contributed by atoms with Crippen LogP contribution in [0, 0.1) is 11.3 Å². The Kier molecular flexibility index (Phi) is 6.41. The molecule has 2 aromatic rings. The highest BCUT2D eigenvalue weighted by Gasteiger charge is 2.15. The Hall–Kier alpha value is -3.00. The second kappa shape index (κ2) is 8.74. The maximum atomic E-state index is 11.6. The molecule has 0 saturated carbocycles. The highest BCUT2D eigenvalue weighted by molar-refractivity contribution is 5.97. The second-order valence-electron chi connectivity index (χ2n) is 5.58. The highest BCUT2D eigenvalue weighted by atomic mass is 16.5. The van der Waals surface area contributed by atoms with Gasteiger partial charge in [-0.05, 0) is 49.7 Å². The average molecular weight is 339 g/mol. The number of nitriles is 1. The Morgan fingerprint density at radius 1 is 1.12 bits per heavy atom. The zero-order chi connectivity index (χ0) is 18.2. The first-order chi connectivity index (χ1) is 12.1. The lowest BCUT2D eigenvalue weighted by molar-refractivity contribution is 0.101. The molecule has 0 amide bonds. The number of Topliss-reactive ketones (excluding diaryl/α,β-unsaturated/α-hetero) is 1. The monoisotopic (exact) mass is 339 g/mol. The van der Waals surface area contributed by atoms with Gasteiger partial charge >= 0.3 is 0 Å². The van der Waals surface area contributed by atoms with Crippen molar-refractivity contribution in [2.45, 2.75) is 26.7 Å². The standard InChI is InChI=1S/C20H21NO4/c1-3-4-18-19(10-9-17(14(2)22)20(18)23)25-12-11-24-16-7-5-15(13-21)6-8-16/h5-10,23H,3-4,11-12H2,1-2H3. The summed E-state index contributed by atoms with van der Waals surface area (Å²) in [7, 11) is 0. The molecule has 0 fully saturated rings. The van der Waals surface area contributed by atoms with Crippen LogP contribution in [0.5, 0.6) is 17.2 Å². The van der Waals surface area contributed by atoms with Crippen molar-refractivity contribution in [3.05, 3.63) is 53.1 Å². The zero-order valence-electron chi connectivity index (χ0n) is 14.4. The number of phenols is 1. The van der Waals surface area contributed by atoms with E-state index in [1.54, 1.807) is 36.4 Å². The molecule has 0 radical (unpaired) electrons. The number of carbonyl (C=O) groups excluding carboxylic acids is 1. The Morgan fingerprint density at radius 2 is 1.80 bits per heavy atom. The summed E-state index contributed by atoms with van der Waals surface area (Å²) in [6.45, 7) is 4.05. The Balaban J connectivity index is 1.98. The minimum absolute atomic E-state index is 0.000129. The molecule has 2 rings (SSSR count). The molecule has 1 N–H and O–H groups in total. The summed E-state index contributed by atoms with van der Waals surface area (Å²) in [6, 6.07) is 12.2. The van der Waals surface area contributed by atoms with Crippen molar-refractivity contribution >= 4 is 5.78 Å². The van der Waals surface area contributed by atoms with Gasteiger partial charge in [0.15, 0.2) is 5.78 Å². The number of rotatable bonds is 8. The normalized spacial score (nSPS) is 10.1. The maximum absolute atomic E-state index is 11.6. The lowest BCUT2D eigenvalue weighted by atomic mass is 10.0. The number of nitrogens with zero attached hydrogens (tertiary/aromatic N) is 1. The van der Waals surface area contributed by atoms with E-state index in [2.05, 4.69) is 6.07 Å². The fourth-order valence-electron chi connectivity index (χ4n) is 2.47. The minimum Gasteiger partial charge on any atom is -0.507 e. The fourth-order valence-corrected chi connectivity index (χ4v) is 2.47. The van der Waals surface area contributed by atoms with E-state index < -0.39 is 0 Å². The molecule has 0 aliphatic carbocycles. The van der Waals surface area contributed by atoms with E-state index in [-0.39, 0.29) is 11.5 Å². The number of aromatic hydroxyl groups is 1. The van der Waals surface area contributed by atoms with Crippen LogP contribution in [0.2, 0.25) is 0 Å². The third-order valence-corrected chi connectivity index (χ3v) is 3.71. The van der Waals surface area contributed by atoms with Crippen molar-refractivity contribution in [3.63, 3.8) is 0 Å². The molecule has 0 aromatic heterocycles. The van der Waals surface area contributed by atoms with Crippen molar-refractivity contribution < 1.29 is 19.4 Å². The number of hydrogen-bond donors (Lipinski definition) is 1. The Labute approximate surface area is 147 Å². The lowest BCUT2D eigenvalue weighted by Gasteiger charge is -2.15. The molecular weight excluding hydrogens is 318 g/mol. The smallest absolute Gasteiger partial charge is 0.163 e. The zero-order valence-corrected chi connectivity index (χ0v) is 14.4. The number of ketones is 1. The van der Waals surface area contributed by atoms with Crippen molar-refractivity contribution in [1.82, 2.24) is 0 Å². The van der Waals surface area contributed by atoms with Gasteiger partial charge in [0, 0.05) is 5.56 Å². The van der Waals surface area contributed by atoms with Gasteiger partial charge < -0.3 is 14.6 Å². The molecule has 5 heteroatoms. The van der Waals surface area contributed by atoms with E-state index in [1.807, 2.05) is 6.92 Å². The highest BCUT2D eigenvalue weighted by Crippen LogP contribution is 2.32. The molecule has 0 saturated heterocycles. The molecule has 25 heavy (non-hydrogen) atoms. The van der Waals surface area contributed by atoms with E-state index >= 15 is 0 Å². The molecule has 0 heterocycles. The first-order valence-electron chi connectivity index (χ1n) is 8.18. The third-order valence-electron chi connectivity index (χ3n) is 3.71. The molecule has 2 aromatic carbocycles. The molecule has 5 nitrogen and oxygen atoms in total. The van der Waals surface area contributed by atoms with Gasteiger partial charge in [-0.1, -0.05) is 13.3 Å². The van der Waals surface area contributed by atoms with E-state index in [1.165, 1.54) is 6.92 Å². The molecule has 0 spiro atoms. The van der Waals surface area contributed by atoms with Gasteiger partial charge in [0.05, 0.1) is 17.2 Å². The van der Waals surface area contributed by atoms with Gasteiger partial charge in [0.1, 0.15) is 30.5 Å². The topological polar surface area (TPSA) is 79.5 Å². The number of carbonyl (C=O) groups is 1. The average Bonchev–Trinajstić information content (AvgIpc) is 2.61. The number of benzene rings is 2. The quantitative estimate of drug-likeness (QED) is 0.583. The van der Waals surface area contributed by atoms with E-state index in [0.29, 0.717) is 47.8 Å². The lowest BCUT2D eigenvalue weighted by Crippen LogP contribution is -2.10. The summed E-state index contributed by atoms with van der Waals surface area (Å²) in [6.07, 6.45) is 1.45. The van der Waals surface area contributed by atoms with Gasteiger partial charge in [0.2, 0.25) is 0 Å². The second-order valence-corrected chi connectivity index (χ2v) is 5.58. The van der Waals surface area contributed by atoms with Crippen LogP contribution in [0.1, 0.15) is 41.8 Å². The van der Waals surface area contributed by atoms with Gasteiger partial charge in [-0.2, -0.15) is 5.26 Å². The van der Waals surface area contributed by atoms with Crippen molar-refractivity contribution in [2.75, 3.05) is 13.2 Å². The number of hydrogen-bond acceptors (Lipinski definition) is 5. The molecule has 0 atom stereocenters. The van der Waals surface area contributed by atoms with Gasteiger partial charge in [-0.3, -0.25) is 4.79 Å². The van der Waals surface area contributed by atoms with Crippen LogP contribution in [0.25, 0.3) is 0 Å². The number of ether oxygens (including phenoxy) is 2. The molecular formula is C20H21NO4. The van der Waals surface area contributed by atoms with Crippen LogP contribution in [-0.4, -0.2) is 24.1 Å². The summed E-state index contributed by atoms with van der Waals surface area (Å²) in [5, 5.41) is 19.1. The van der Waals surface area contributed by atoms with E-state index in [9.17, 15) is 9.90 Å². The summed E-state index contributed by atoms with van der Waals surface area (Å²) in [5.74, 6) is 1.05. The van der Waals surface area contributed by atoms with Gasteiger partial charge in [-0.15, -0.1) is 0 Å². The van der Waals surface area contributed by atoms with E-state index in [4.69, 9.17) is 14.7 Å². The number of phenolic OH excluding ortho intramolecular Hbond substituents is 1. The fraction of sp³-hybridized carbons (Fsp3) is 0.300. The van der Waals surface area contributed by atoms with Crippen molar-refractivity contribution in [3.8, 4) is 23.3 Å². The van der Waals surface area contributed by atoms with Gasteiger partial charge in [0.25, 0.3) is 0 Å². The molecule has 130 valence electrons. The van der Waals surface area contributed by atoms with Crippen molar-refractivity contribution in [1.29, 1.82) is 5.26 Å². The van der Waals surface area contributed by atoms with E-state index in [0.717, 1.165) is 6.42 Å². The van der Waals surface area contributed by atoms with Crippen LogP contribution < -0.4 is 9.47 Å². The predicted octanol–water partition coefficient (Wildman–Crippen LogP) is 3.88. The Morgan fingerprint density at radius 3 is 2.40 bits per heavy atom. The molecule has 0 aliphatic heterocycles. The van der Waals surface area contributed by atoms with Crippen molar-refractivity contribution in [2.24, 2.45) is 0 Å². The summed E-state index contributed by atoms with van der Waals surface area (Å²) < 4.78 is 11.3. The molecule has 0 bridgehead atoms. The van der Waals surface area contributed by atoms with Crippen LogP contribution in [0.3, 0.4) is 0 Å². The summed E-state index contributed by atoms with van der Waals surface area (Å²) in [4.78, 5) is 11.6. The Bertz CT molecular complexity index is 776. The molecule has 0 unspecified atom stereocenters. The van der Waals surface area contributed by atoms with Crippen LogP contribution >= 0.6 is 0 Å². The van der Waals surface area contributed by atoms with Crippen LogP contribution in [0.15, 0.2) is 36.4 Å². The predicted molar refractivity (Wildman–Crippen MR) is 94.3 cm³/mol. The first kappa shape index (κ1) is 18.3. The molecule has 0 aliphatic rings. The maximum Gasteiger partial charge on any atom is 0.163 e.